The lowest BCUT2D eigenvalue weighted by molar-refractivity contribution is -0.117. The Morgan fingerprint density at radius 2 is 1.81 bits per heavy atom. The van der Waals surface area contributed by atoms with Crippen molar-refractivity contribution in [2.45, 2.75) is 33.2 Å². The Bertz CT molecular complexity index is 1310. The van der Waals surface area contributed by atoms with Gasteiger partial charge in [-0.05, 0) is 37.1 Å². The van der Waals surface area contributed by atoms with Crippen molar-refractivity contribution in [1.29, 1.82) is 0 Å². The van der Waals surface area contributed by atoms with Crippen molar-refractivity contribution in [3.8, 4) is 11.4 Å². The highest BCUT2D eigenvalue weighted by Crippen LogP contribution is 2.24. The van der Waals surface area contributed by atoms with Gasteiger partial charge in [0.1, 0.15) is 17.8 Å². The minimum atomic E-state index is -0.376. The number of benzene rings is 2. The predicted molar refractivity (Wildman–Crippen MR) is 123 cm³/mol. The number of carbonyl (C=O) groups is 1. The number of amides is 1. The number of anilines is 1. The summed E-state index contributed by atoms with van der Waals surface area (Å²) in [7, 11) is 0. The lowest BCUT2D eigenvalue weighted by Crippen LogP contribution is -2.31. The number of rotatable bonds is 7. The molecule has 0 fully saturated rings. The molecule has 0 aliphatic carbocycles. The van der Waals surface area contributed by atoms with Crippen molar-refractivity contribution in [3.05, 3.63) is 76.8 Å². The van der Waals surface area contributed by atoms with Crippen LogP contribution < -0.4 is 15.6 Å². The molecule has 2 aromatic heterocycles. The van der Waals surface area contributed by atoms with E-state index in [1.165, 1.54) is 4.68 Å². The van der Waals surface area contributed by atoms with Crippen molar-refractivity contribution >= 4 is 22.5 Å². The van der Waals surface area contributed by atoms with Gasteiger partial charge in [-0.2, -0.15) is 10.2 Å². The number of ether oxygens (including phenoxy) is 1. The molecule has 0 aliphatic heterocycles. The van der Waals surface area contributed by atoms with Crippen LogP contribution in [0.2, 0.25) is 0 Å². The number of fused-ring (bicyclic) bond motifs is 1. The zero-order valence-corrected chi connectivity index (χ0v) is 18.3. The number of para-hydroxylation sites is 3. The Morgan fingerprint density at radius 1 is 1.09 bits per heavy atom. The highest BCUT2D eigenvalue weighted by Gasteiger charge is 2.20. The van der Waals surface area contributed by atoms with E-state index in [1.807, 2.05) is 63.2 Å². The number of aromatic nitrogens is 4. The van der Waals surface area contributed by atoms with E-state index in [4.69, 9.17) is 4.74 Å². The smallest absolute Gasteiger partial charge is 0.293 e. The van der Waals surface area contributed by atoms with E-state index in [2.05, 4.69) is 15.5 Å². The van der Waals surface area contributed by atoms with Crippen molar-refractivity contribution in [1.82, 2.24) is 19.6 Å². The molecule has 1 amide bonds. The number of nitrogens with zero attached hydrogens (tertiary/aromatic N) is 4. The van der Waals surface area contributed by atoms with Gasteiger partial charge in [0, 0.05) is 5.39 Å². The number of hydrogen-bond acceptors (Lipinski definition) is 5. The number of nitrogens with one attached hydrogen (secondary N) is 1. The van der Waals surface area contributed by atoms with Gasteiger partial charge in [-0.1, -0.05) is 44.2 Å². The van der Waals surface area contributed by atoms with Gasteiger partial charge in [0.2, 0.25) is 5.91 Å². The van der Waals surface area contributed by atoms with Crippen LogP contribution >= 0.6 is 0 Å². The molecule has 0 unspecified atom stereocenters. The maximum atomic E-state index is 13.4. The van der Waals surface area contributed by atoms with Gasteiger partial charge < -0.3 is 10.1 Å². The average molecular weight is 431 g/mol. The fourth-order valence-corrected chi connectivity index (χ4v) is 3.57. The molecule has 0 aliphatic rings. The van der Waals surface area contributed by atoms with Crippen molar-refractivity contribution < 1.29 is 9.53 Å². The zero-order chi connectivity index (χ0) is 22.7. The summed E-state index contributed by atoms with van der Waals surface area (Å²) in [5.41, 5.74) is 2.05. The fourth-order valence-electron chi connectivity index (χ4n) is 3.57. The number of carbonyl (C=O) groups excluding carboxylic acids is 1. The van der Waals surface area contributed by atoms with Crippen LogP contribution in [0.4, 0.5) is 5.69 Å². The van der Waals surface area contributed by atoms with Gasteiger partial charge in [-0.3, -0.25) is 9.59 Å². The second-order valence-electron chi connectivity index (χ2n) is 7.63. The van der Waals surface area contributed by atoms with E-state index in [-0.39, 0.29) is 23.9 Å². The van der Waals surface area contributed by atoms with E-state index in [0.717, 1.165) is 5.69 Å². The van der Waals surface area contributed by atoms with Crippen molar-refractivity contribution in [2.24, 2.45) is 0 Å². The first-order chi connectivity index (χ1) is 15.5. The molecule has 0 bridgehead atoms. The minimum absolute atomic E-state index is 0.0412. The third kappa shape index (κ3) is 4.12. The Hall–Kier alpha value is -3.94. The largest absolute Gasteiger partial charge is 0.492 e. The molecule has 1 N–H and O–H groups in total. The molecule has 0 radical (unpaired) electrons. The molecular weight excluding hydrogens is 406 g/mol. The fraction of sp³-hybridized carbons (Fsp3) is 0.250. The summed E-state index contributed by atoms with van der Waals surface area (Å²) in [6.07, 6.45) is 1.66. The van der Waals surface area contributed by atoms with Crippen molar-refractivity contribution in [3.63, 3.8) is 0 Å². The normalized spacial score (nSPS) is 11.1. The maximum absolute atomic E-state index is 13.4. The highest BCUT2D eigenvalue weighted by atomic mass is 16.5. The SMILES string of the molecule is CCOc1ccccc1NC(=O)Cn1nc(C(C)C)c2cnn(-c3ccccc3)c2c1=O. The summed E-state index contributed by atoms with van der Waals surface area (Å²) in [6.45, 7) is 6.12. The first-order valence-electron chi connectivity index (χ1n) is 10.6. The molecule has 32 heavy (non-hydrogen) atoms. The second-order valence-corrected chi connectivity index (χ2v) is 7.63. The average Bonchev–Trinajstić information content (AvgIpc) is 3.23. The molecule has 8 heteroatoms. The summed E-state index contributed by atoms with van der Waals surface area (Å²) in [4.78, 5) is 26.2. The third-order valence-electron chi connectivity index (χ3n) is 5.01. The molecular formula is C24H25N5O3. The van der Waals surface area contributed by atoms with Crippen LogP contribution in [0, 0.1) is 0 Å². The molecule has 0 spiro atoms. The molecule has 2 heterocycles. The molecule has 0 saturated carbocycles. The number of hydrogen-bond donors (Lipinski definition) is 1. The van der Waals surface area contributed by atoms with Gasteiger partial charge in [-0.15, -0.1) is 0 Å². The molecule has 8 nitrogen and oxygen atoms in total. The van der Waals surface area contributed by atoms with Crippen molar-refractivity contribution in [2.75, 3.05) is 11.9 Å². The van der Waals surface area contributed by atoms with E-state index in [9.17, 15) is 9.59 Å². The topological polar surface area (TPSA) is 91.0 Å². The summed E-state index contributed by atoms with van der Waals surface area (Å²) in [5.74, 6) is 0.246. The van der Waals surface area contributed by atoms with Crippen LogP contribution in [0.5, 0.6) is 5.75 Å². The van der Waals surface area contributed by atoms with Crippen LogP contribution in [0.15, 0.2) is 65.6 Å². The van der Waals surface area contributed by atoms with Gasteiger partial charge in [0.05, 0.1) is 29.9 Å². The summed E-state index contributed by atoms with van der Waals surface area (Å²) < 4.78 is 8.37. The van der Waals surface area contributed by atoms with E-state index in [1.54, 1.807) is 23.0 Å². The van der Waals surface area contributed by atoms with Crippen LogP contribution in [-0.2, 0) is 11.3 Å². The molecule has 2 aromatic carbocycles. The van der Waals surface area contributed by atoms with Crippen LogP contribution in [0.1, 0.15) is 32.4 Å². The van der Waals surface area contributed by atoms with Gasteiger partial charge in [-0.25, -0.2) is 9.36 Å². The standard InChI is InChI=1S/C24H25N5O3/c1-4-32-20-13-9-8-12-19(20)26-21(30)15-28-24(31)23-18(22(27-28)16(2)3)14-25-29(23)17-10-6-5-7-11-17/h5-14,16H,4,15H2,1-3H3,(H,26,30). The lowest BCUT2D eigenvalue weighted by atomic mass is 10.1. The zero-order valence-electron chi connectivity index (χ0n) is 18.3. The molecule has 0 saturated heterocycles. The van der Waals surface area contributed by atoms with Crippen LogP contribution in [0.3, 0.4) is 0 Å². The molecule has 4 aromatic rings. The monoisotopic (exact) mass is 431 g/mol. The summed E-state index contributed by atoms with van der Waals surface area (Å²) in [5, 5.41) is 12.5. The Morgan fingerprint density at radius 3 is 2.53 bits per heavy atom. The first kappa shape index (κ1) is 21.3. The van der Waals surface area contributed by atoms with Gasteiger partial charge in [0.25, 0.3) is 5.56 Å². The third-order valence-corrected chi connectivity index (χ3v) is 5.01. The van der Waals surface area contributed by atoms with E-state index < -0.39 is 0 Å². The Labute approximate surface area is 185 Å². The molecule has 0 atom stereocenters. The van der Waals surface area contributed by atoms with Crippen LogP contribution in [0.25, 0.3) is 16.6 Å². The van der Waals surface area contributed by atoms with Gasteiger partial charge in [0.15, 0.2) is 0 Å². The Kier molecular flexibility index (Phi) is 6.02. The van der Waals surface area contributed by atoms with Crippen LogP contribution in [-0.4, -0.2) is 32.1 Å². The lowest BCUT2D eigenvalue weighted by Gasteiger charge is -2.14. The van der Waals surface area contributed by atoms with E-state index >= 15 is 0 Å². The highest BCUT2D eigenvalue weighted by molar-refractivity contribution is 5.92. The van der Waals surface area contributed by atoms with E-state index in [0.29, 0.717) is 34.6 Å². The first-order valence-corrected chi connectivity index (χ1v) is 10.6. The quantitative estimate of drug-likeness (QED) is 0.481. The maximum Gasteiger partial charge on any atom is 0.293 e. The molecule has 164 valence electrons. The Balaban J connectivity index is 1.74. The summed E-state index contributed by atoms with van der Waals surface area (Å²) in [6, 6.07) is 16.6. The molecule has 4 rings (SSSR count). The second kappa shape index (κ2) is 9.05. The predicted octanol–water partition coefficient (Wildman–Crippen LogP) is 3.74. The van der Waals surface area contributed by atoms with Gasteiger partial charge >= 0.3 is 0 Å². The summed E-state index contributed by atoms with van der Waals surface area (Å²) >= 11 is 0. The minimum Gasteiger partial charge on any atom is -0.492 e.